The van der Waals surface area contributed by atoms with E-state index in [1.54, 1.807) is 17.3 Å². The topological polar surface area (TPSA) is 85.0 Å². The fraction of sp³-hybridized carbons (Fsp3) is 0.222. The fourth-order valence-corrected chi connectivity index (χ4v) is 4.14. The quantitative estimate of drug-likeness (QED) is 0.727. The number of anilines is 2. The minimum atomic E-state index is -0.130. The van der Waals surface area contributed by atoms with Gasteiger partial charge in [-0.25, -0.2) is 9.97 Å². The van der Waals surface area contributed by atoms with Crippen LogP contribution in [-0.4, -0.2) is 27.4 Å². The molecule has 0 fully saturated rings. The third kappa shape index (κ3) is 2.83. The molecule has 0 aliphatic carbocycles. The van der Waals surface area contributed by atoms with Crippen molar-refractivity contribution in [2.45, 2.75) is 20.3 Å². The number of thiazole rings is 1. The van der Waals surface area contributed by atoms with E-state index in [2.05, 4.69) is 21.0 Å². The molecule has 0 atom stereocenters. The fourth-order valence-electron chi connectivity index (χ4n) is 3.12. The Labute approximate surface area is 159 Å². The first-order valence-electron chi connectivity index (χ1n) is 8.10. The van der Waals surface area contributed by atoms with Crippen molar-refractivity contribution in [1.29, 1.82) is 0 Å². The highest BCUT2D eigenvalue weighted by Gasteiger charge is 2.30. The van der Waals surface area contributed by atoms with Gasteiger partial charge in [0, 0.05) is 30.9 Å². The van der Waals surface area contributed by atoms with Gasteiger partial charge in [0.25, 0.3) is 5.91 Å². The van der Waals surface area contributed by atoms with Gasteiger partial charge in [0.1, 0.15) is 10.7 Å². The average molecular weight is 386 g/mol. The summed E-state index contributed by atoms with van der Waals surface area (Å²) in [6.45, 7) is 4.49. The van der Waals surface area contributed by atoms with Crippen molar-refractivity contribution in [3.63, 3.8) is 0 Å². The zero-order valence-electron chi connectivity index (χ0n) is 14.3. The van der Waals surface area contributed by atoms with E-state index in [-0.39, 0.29) is 5.91 Å². The van der Waals surface area contributed by atoms with Crippen LogP contribution in [0.2, 0.25) is 5.02 Å². The van der Waals surface area contributed by atoms with Gasteiger partial charge in [-0.3, -0.25) is 14.7 Å². The molecule has 0 unspecified atom stereocenters. The van der Waals surface area contributed by atoms with E-state index in [0.717, 1.165) is 28.1 Å². The second kappa shape index (κ2) is 6.34. The first-order valence-corrected chi connectivity index (χ1v) is 9.29. The van der Waals surface area contributed by atoms with Crippen LogP contribution in [0.15, 0.2) is 24.5 Å². The molecule has 1 aliphatic heterocycles. The van der Waals surface area contributed by atoms with Crippen LogP contribution in [0.3, 0.4) is 0 Å². The molecule has 0 aromatic carbocycles. The lowest BCUT2D eigenvalue weighted by molar-refractivity contribution is 0.0983. The van der Waals surface area contributed by atoms with Crippen molar-refractivity contribution >= 4 is 39.8 Å². The van der Waals surface area contributed by atoms with Crippen LogP contribution in [0.25, 0.3) is 11.3 Å². The molecule has 1 amide bonds. The van der Waals surface area contributed by atoms with Gasteiger partial charge in [0.2, 0.25) is 0 Å². The van der Waals surface area contributed by atoms with Crippen LogP contribution in [0.4, 0.5) is 10.9 Å². The number of nitrogen functional groups attached to an aromatic ring is 1. The Bertz CT molecular complexity index is 1030. The van der Waals surface area contributed by atoms with Crippen LogP contribution >= 0.6 is 22.9 Å². The van der Waals surface area contributed by atoms with Gasteiger partial charge in [-0.1, -0.05) is 29.0 Å². The number of pyridine rings is 2. The maximum absolute atomic E-state index is 12.8. The second-order valence-corrected chi connectivity index (χ2v) is 7.67. The number of amides is 1. The highest BCUT2D eigenvalue weighted by molar-refractivity contribution is 7.17. The average Bonchev–Trinajstić information content (AvgIpc) is 2.98. The molecule has 0 spiro atoms. The Kier molecular flexibility index (Phi) is 4.13. The number of nitrogens with zero attached hydrogens (tertiary/aromatic N) is 4. The standard InChI is InChI=1S/C18H16ClN5OS/c1-9-5-10(2)15(22-7-9)11-6-14(21-8-12(11)19)24-4-3-13-16(17(24)25)26-18(20)23-13/h5-8H,3-4H2,1-2H3,(H2,20,23). The molecular weight excluding hydrogens is 370 g/mol. The number of fused-ring (bicyclic) bond motifs is 1. The molecular formula is C18H16ClN5OS. The minimum Gasteiger partial charge on any atom is -0.375 e. The normalized spacial score (nSPS) is 13.8. The highest BCUT2D eigenvalue weighted by Crippen LogP contribution is 2.34. The zero-order valence-corrected chi connectivity index (χ0v) is 15.9. The Balaban J connectivity index is 1.76. The van der Waals surface area contributed by atoms with E-state index in [4.69, 9.17) is 17.3 Å². The summed E-state index contributed by atoms with van der Waals surface area (Å²) in [7, 11) is 0. The van der Waals surface area contributed by atoms with Crippen LogP contribution in [0.5, 0.6) is 0 Å². The molecule has 26 heavy (non-hydrogen) atoms. The molecule has 3 aromatic heterocycles. The number of rotatable bonds is 2. The van der Waals surface area contributed by atoms with Gasteiger partial charge in [-0.05, 0) is 31.0 Å². The van der Waals surface area contributed by atoms with E-state index in [9.17, 15) is 4.79 Å². The molecule has 4 heterocycles. The largest absolute Gasteiger partial charge is 0.375 e. The summed E-state index contributed by atoms with van der Waals surface area (Å²) in [6.07, 6.45) is 4.02. The van der Waals surface area contributed by atoms with Crippen LogP contribution in [-0.2, 0) is 6.42 Å². The molecule has 1 aliphatic rings. The summed E-state index contributed by atoms with van der Waals surface area (Å²) >= 11 is 7.59. The third-order valence-electron chi connectivity index (χ3n) is 4.31. The van der Waals surface area contributed by atoms with E-state index in [1.165, 1.54) is 11.3 Å². The van der Waals surface area contributed by atoms with Gasteiger partial charge < -0.3 is 5.73 Å². The van der Waals surface area contributed by atoms with Gasteiger partial charge >= 0.3 is 0 Å². The minimum absolute atomic E-state index is 0.130. The molecule has 0 saturated carbocycles. The van der Waals surface area contributed by atoms with Crippen molar-refractivity contribution in [1.82, 2.24) is 15.0 Å². The first kappa shape index (κ1) is 16.9. The monoisotopic (exact) mass is 385 g/mol. The van der Waals surface area contributed by atoms with Crippen molar-refractivity contribution in [3.8, 4) is 11.3 Å². The zero-order chi connectivity index (χ0) is 18.4. The van der Waals surface area contributed by atoms with Gasteiger partial charge in [-0.2, -0.15) is 0 Å². The number of carbonyl (C=O) groups is 1. The number of nitrogens with two attached hydrogens (primary N) is 1. The predicted octanol–water partition coefficient (Wildman–Crippen LogP) is 3.66. The van der Waals surface area contributed by atoms with Crippen molar-refractivity contribution in [3.05, 3.63) is 51.2 Å². The van der Waals surface area contributed by atoms with Crippen LogP contribution in [0, 0.1) is 13.8 Å². The lowest BCUT2D eigenvalue weighted by atomic mass is 10.1. The van der Waals surface area contributed by atoms with Crippen molar-refractivity contribution in [2.75, 3.05) is 17.2 Å². The Hall–Kier alpha value is -2.51. The lowest BCUT2D eigenvalue weighted by Gasteiger charge is -2.25. The van der Waals surface area contributed by atoms with Crippen LogP contribution in [0.1, 0.15) is 26.5 Å². The van der Waals surface area contributed by atoms with E-state index in [0.29, 0.717) is 33.8 Å². The number of hydrogen-bond donors (Lipinski definition) is 1. The highest BCUT2D eigenvalue weighted by atomic mass is 35.5. The molecule has 132 valence electrons. The molecule has 0 bridgehead atoms. The molecule has 6 nitrogen and oxygen atoms in total. The smallest absolute Gasteiger partial charge is 0.271 e. The van der Waals surface area contributed by atoms with E-state index >= 15 is 0 Å². The second-order valence-electron chi connectivity index (χ2n) is 6.24. The third-order valence-corrected chi connectivity index (χ3v) is 5.53. The summed E-state index contributed by atoms with van der Waals surface area (Å²) in [5.41, 5.74) is 10.2. The van der Waals surface area contributed by atoms with E-state index in [1.807, 2.05) is 19.9 Å². The molecule has 0 radical (unpaired) electrons. The molecule has 2 N–H and O–H groups in total. The van der Waals surface area contributed by atoms with Gasteiger partial charge in [-0.15, -0.1) is 0 Å². The summed E-state index contributed by atoms with van der Waals surface area (Å²) in [4.78, 5) is 28.2. The van der Waals surface area contributed by atoms with Crippen molar-refractivity contribution in [2.24, 2.45) is 0 Å². The lowest BCUT2D eigenvalue weighted by Crippen LogP contribution is -2.37. The molecule has 3 aromatic rings. The summed E-state index contributed by atoms with van der Waals surface area (Å²) in [5.74, 6) is 0.420. The van der Waals surface area contributed by atoms with Gasteiger partial charge in [0.05, 0.1) is 16.4 Å². The van der Waals surface area contributed by atoms with Crippen LogP contribution < -0.4 is 10.6 Å². The number of halogens is 1. The number of aromatic nitrogens is 3. The Morgan fingerprint density at radius 2 is 2.04 bits per heavy atom. The Morgan fingerprint density at radius 1 is 1.23 bits per heavy atom. The maximum atomic E-state index is 12.8. The molecule has 0 saturated heterocycles. The summed E-state index contributed by atoms with van der Waals surface area (Å²) in [5, 5.41) is 0.912. The van der Waals surface area contributed by atoms with Crippen molar-refractivity contribution < 1.29 is 4.79 Å². The SMILES string of the molecule is Cc1cnc(-c2cc(N3CCc4nc(N)sc4C3=O)ncc2Cl)c(C)c1. The van der Waals surface area contributed by atoms with E-state index < -0.39 is 0 Å². The number of aryl methyl sites for hydroxylation is 2. The molecule has 8 heteroatoms. The maximum Gasteiger partial charge on any atom is 0.271 e. The Morgan fingerprint density at radius 3 is 2.81 bits per heavy atom. The number of hydrogen-bond acceptors (Lipinski definition) is 6. The predicted molar refractivity (Wildman–Crippen MR) is 104 cm³/mol. The summed E-state index contributed by atoms with van der Waals surface area (Å²) in [6, 6.07) is 3.87. The first-order chi connectivity index (χ1) is 12.4. The summed E-state index contributed by atoms with van der Waals surface area (Å²) < 4.78 is 0. The number of carbonyl (C=O) groups excluding carboxylic acids is 1. The molecule has 4 rings (SSSR count). The van der Waals surface area contributed by atoms with Gasteiger partial charge in [0.15, 0.2) is 5.13 Å².